The standard InChI is InChI=1S/C19H20F3NO3/c20-19(21,22)26-16-8-6-14(7-9-16)12-23-10-11-25-17(13-24)18(23)15-4-2-1-3-5-15/h1-9,17-18,24H,10-13H2/t17-,18-/m1/s1. The second-order valence-electron chi connectivity index (χ2n) is 6.11. The van der Waals surface area contributed by atoms with E-state index in [9.17, 15) is 18.3 Å². The average molecular weight is 367 g/mol. The van der Waals surface area contributed by atoms with Crippen molar-refractivity contribution in [3.05, 3.63) is 65.7 Å². The van der Waals surface area contributed by atoms with Crippen molar-refractivity contribution in [3.8, 4) is 5.75 Å². The van der Waals surface area contributed by atoms with Gasteiger partial charge in [0, 0.05) is 13.1 Å². The number of rotatable bonds is 5. The first kappa shape index (κ1) is 18.7. The lowest BCUT2D eigenvalue weighted by molar-refractivity contribution is -0.274. The van der Waals surface area contributed by atoms with Gasteiger partial charge in [-0.15, -0.1) is 13.2 Å². The molecule has 0 bridgehead atoms. The molecule has 0 radical (unpaired) electrons. The number of hydrogen-bond acceptors (Lipinski definition) is 4. The van der Waals surface area contributed by atoms with Crippen LogP contribution in [-0.4, -0.2) is 42.2 Å². The molecule has 0 aliphatic carbocycles. The summed E-state index contributed by atoms with van der Waals surface area (Å²) in [7, 11) is 0. The number of ether oxygens (including phenoxy) is 2. The summed E-state index contributed by atoms with van der Waals surface area (Å²) in [6.45, 7) is 1.58. The molecule has 4 nitrogen and oxygen atoms in total. The van der Waals surface area contributed by atoms with E-state index in [4.69, 9.17) is 4.74 Å². The van der Waals surface area contributed by atoms with Gasteiger partial charge in [0.2, 0.25) is 0 Å². The van der Waals surface area contributed by atoms with Gasteiger partial charge in [0.25, 0.3) is 0 Å². The van der Waals surface area contributed by atoms with Crippen molar-refractivity contribution < 1.29 is 27.8 Å². The van der Waals surface area contributed by atoms with E-state index in [0.29, 0.717) is 19.7 Å². The Balaban J connectivity index is 1.76. The van der Waals surface area contributed by atoms with E-state index in [1.165, 1.54) is 12.1 Å². The fraction of sp³-hybridized carbons (Fsp3) is 0.368. The summed E-state index contributed by atoms with van der Waals surface area (Å²) in [5, 5.41) is 9.68. The Morgan fingerprint density at radius 2 is 1.77 bits per heavy atom. The number of aliphatic hydroxyl groups excluding tert-OH is 1. The second kappa shape index (κ2) is 8.07. The van der Waals surface area contributed by atoms with Crippen molar-refractivity contribution in [1.82, 2.24) is 4.90 Å². The molecule has 3 rings (SSSR count). The third-order valence-electron chi connectivity index (χ3n) is 4.32. The molecule has 7 heteroatoms. The first-order valence-electron chi connectivity index (χ1n) is 8.32. The van der Waals surface area contributed by atoms with E-state index in [2.05, 4.69) is 9.64 Å². The van der Waals surface area contributed by atoms with Crippen LogP contribution in [0.3, 0.4) is 0 Å². The van der Waals surface area contributed by atoms with Crippen LogP contribution in [0.15, 0.2) is 54.6 Å². The fourth-order valence-electron chi connectivity index (χ4n) is 3.22. The molecule has 0 saturated carbocycles. The summed E-state index contributed by atoms with van der Waals surface area (Å²) in [5.74, 6) is -0.240. The van der Waals surface area contributed by atoms with Gasteiger partial charge in [0.05, 0.1) is 19.3 Å². The Hall–Kier alpha value is -2.09. The molecular weight excluding hydrogens is 347 g/mol. The van der Waals surface area contributed by atoms with E-state index >= 15 is 0 Å². The minimum absolute atomic E-state index is 0.103. The molecule has 1 saturated heterocycles. The highest BCUT2D eigenvalue weighted by molar-refractivity contribution is 5.28. The van der Waals surface area contributed by atoms with E-state index in [0.717, 1.165) is 11.1 Å². The van der Waals surface area contributed by atoms with Gasteiger partial charge in [-0.3, -0.25) is 4.90 Å². The van der Waals surface area contributed by atoms with Crippen LogP contribution in [0.25, 0.3) is 0 Å². The van der Waals surface area contributed by atoms with Crippen LogP contribution in [-0.2, 0) is 11.3 Å². The lowest BCUT2D eigenvalue weighted by Crippen LogP contribution is -2.46. The van der Waals surface area contributed by atoms with Gasteiger partial charge in [0.15, 0.2) is 0 Å². The maximum Gasteiger partial charge on any atom is 0.573 e. The van der Waals surface area contributed by atoms with Crippen molar-refractivity contribution >= 4 is 0 Å². The molecule has 140 valence electrons. The van der Waals surface area contributed by atoms with Gasteiger partial charge in [-0.2, -0.15) is 0 Å². The Morgan fingerprint density at radius 3 is 2.38 bits per heavy atom. The summed E-state index contributed by atoms with van der Waals surface area (Å²) in [4.78, 5) is 2.17. The first-order valence-corrected chi connectivity index (χ1v) is 8.32. The predicted octanol–water partition coefficient (Wildman–Crippen LogP) is 3.52. The summed E-state index contributed by atoms with van der Waals surface area (Å²) in [6.07, 6.45) is -5.04. The highest BCUT2D eigenvalue weighted by atomic mass is 19.4. The third-order valence-corrected chi connectivity index (χ3v) is 4.32. The van der Waals surface area contributed by atoms with E-state index in [-0.39, 0.29) is 24.5 Å². The Labute approximate surface area is 149 Å². The molecule has 0 amide bonds. The Kier molecular flexibility index (Phi) is 5.80. The minimum Gasteiger partial charge on any atom is -0.406 e. The summed E-state index contributed by atoms with van der Waals surface area (Å²) < 4.78 is 46.4. The molecule has 1 aliphatic rings. The molecule has 1 heterocycles. The molecule has 2 aromatic carbocycles. The van der Waals surface area contributed by atoms with Gasteiger partial charge in [-0.25, -0.2) is 0 Å². The van der Waals surface area contributed by atoms with Crippen LogP contribution in [0.1, 0.15) is 17.2 Å². The zero-order valence-corrected chi connectivity index (χ0v) is 14.0. The van der Waals surface area contributed by atoms with Gasteiger partial charge in [-0.05, 0) is 23.3 Å². The molecular formula is C19H20F3NO3. The van der Waals surface area contributed by atoms with Crippen LogP contribution in [0.2, 0.25) is 0 Å². The Bertz CT molecular complexity index is 691. The van der Waals surface area contributed by atoms with E-state index < -0.39 is 6.36 Å². The molecule has 26 heavy (non-hydrogen) atoms. The molecule has 2 aromatic rings. The summed E-state index contributed by atoms with van der Waals surface area (Å²) in [5.41, 5.74) is 1.89. The number of hydrogen-bond donors (Lipinski definition) is 1. The number of aliphatic hydroxyl groups is 1. The highest BCUT2D eigenvalue weighted by Gasteiger charge is 2.33. The lowest BCUT2D eigenvalue weighted by atomic mass is 9.97. The number of halogens is 3. The highest BCUT2D eigenvalue weighted by Crippen LogP contribution is 2.31. The fourth-order valence-corrected chi connectivity index (χ4v) is 3.22. The normalized spacial score (nSPS) is 21.5. The first-order chi connectivity index (χ1) is 12.5. The second-order valence-corrected chi connectivity index (χ2v) is 6.11. The molecule has 1 N–H and O–H groups in total. The van der Waals surface area contributed by atoms with Gasteiger partial charge in [-0.1, -0.05) is 42.5 Å². The molecule has 0 spiro atoms. The molecule has 1 aliphatic heterocycles. The number of benzene rings is 2. The van der Waals surface area contributed by atoms with Crippen LogP contribution in [0.4, 0.5) is 13.2 Å². The van der Waals surface area contributed by atoms with Crippen molar-refractivity contribution in [3.63, 3.8) is 0 Å². The van der Waals surface area contributed by atoms with Crippen molar-refractivity contribution in [2.45, 2.75) is 25.1 Å². The summed E-state index contributed by atoms with van der Waals surface area (Å²) >= 11 is 0. The van der Waals surface area contributed by atoms with Crippen LogP contribution >= 0.6 is 0 Å². The van der Waals surface area contributed by atoms with Crippen molar-refractivity contribution in [2.24, 2.45) is 0 Å². The zero-order valence-electron chi connectivity index (χ0n) is 14.0. The monoisotopic (exact) mass is 367 g/mol. The topological polar surface area (TPSA) is 41.9 Å². The average Bonchev–Trinajstić information content (AvgIpc) is 2.62. The maximum atomic E-state index is 12.3. The number of morpholine rings is 1. The lowest BCUT2D eigenvalue weighted by Gasteiger charge is -2.41. The van der Waals surface area contributed by atoms with Crippen molar-refractivity contribution in [2.75, 3.05) is 19.8 Å². The quantitative estimate of drug-likeness (QED) is 0.878. The zero-order chi connectivity index (χ0) is 18.6. The van der Waals surface area contributed by atoms with Crippen LogP contribution in [0, 0.1) is 0 Å². The minimum atomic E-state index is -4.70. The van der Waals surface area contributed by atoms with Gasteiger partial charge >= 0.3 is 6.36 Å². The largest absolute Gasteiger partial charge is 0.573 e. The van der Waals surface area contributed by atoms with Crippen molar-refractivity contribution in [1.29, 1.82) is 0 Å². The molecule has 0 unspecified atom stereocenters. The van der Waals surface area contributed by atoms with Crippen LogP contribution < -0.4 is 4.74 Å². The molecule has 1 fully saturated rings. The number of nitrogens with zero attached hydrogens (tertiary/aromatic N) is 1. The molecule has 0 aromatic heterocycles. The third kappa shape index (κ3) is 4.75. The smallest absolute Gasteiger partial charge is 0.406 e. The van der Waals surface area contributed by atoms with Gasteiger partial charge < -0.3 is 14.6 Å². The SMILES string of the molecule is OC[C@H]1OCCN(Cc2ccc(OC(F)(F)F)cc2)[C@@H]1c1ccccc1. The van der Waals surface area contributed by atoms with Crippen LogP contribution in [0.5, 0.6) is 5.75 Å². The van der Waals surface area contributed by atoms with E-state index in [1.54, 1.807) is 12.1 Å². The molecule has 2 atom stereocenters. The Morgan fingerprint density at radius 1 is 1.08 bits per heavy atom. The maximum absolute atomic E-state index is 12.3. The van der Waals surface area contributed by atoms with Gasteiger partial charge in [0.1, 0.15) is 11.9 Å². The van der Waals surface area contributed by atoms with E-state index in [1.807, 2.05) is 30.3 Å². The summed E-state index contributed by atoms with van der Waals surface area (Å²) in [6, 6.07) is 15.5. The predicted molar refractivity (Wildman–Crippen MR) is 89.5 cm³/mol. The number of alkyl halides is 3.